The molecule has 2 unspecified atom stereocenters. The lowest BCUT2D eigenvalue weighted by atomic mass is 9.66. The van der Waals surface area contributed by atoms with Gasteiger partial charge in [0.1, 0.15) is 6.04 Å². The van der Waals surface area contributed by atoms with Crippen LogP contribution >= 0.6 is 11.8 Å². The number of carbonyl (C=O) groups is 3. The maximum atomic E-state index is 13.9. The van der Waals surface area contributed by atoms with Crippen molar-refractivity contribution < 1.29 is 29.3 Å². The summed E-state index contributed by atoms with van der Waals surface area (Å²) in [5.74, 6) is -3.03. The third-order valence-corrected chi connectivity index (χ3v) is 9.55. The standard InChI is InChI=1S/C22H33N3O6S/c1-3-6-24(8-7-23-10-13-31-14-11-23)19(28)17-22-5-4-21(2,32-22)16(20(29)30)15(22)18(27)25(17)9-12-26/h3,15-17,26H,1,4-14H2,2H3,(H,29,30)/t15-,16-,17?,21+,22?/m0/s1. The minimum Gasteiger partial charge on any atom is -0.481 e. The number of rotatable bonds is 9. The van der Waals surface area contributed by atoms with Crippen LogP contribution in [0.15, 0.2) is 12.7 Å². The Kier molecular flexibility index (Phi) is 6.59. The topological polar surface area (TPSA) is 111 Å². The first kappa shape index (κ1) is 23.5. The number of hydrogen-bond donors (Lipinski definition) is 2. The molecule has 10 heteroatoms. The fraction of sp³-hybridized carbons (Fsp3) is 0.773. The quantitative estimate of drug-likeness (QED) is 0.452. The van der Waals surface area contributed by atoms with E-state index < -0.39 is 33.3 Å². The Hall–Kier alpha value is -1.62. The average Bonchev–Trinajstić information content (AvgIpc) is 3.33. The predicted molar refractivity (Wildman–Crippen MR) is 119 cm³/mol. The number of ether oxygens (including phenoxy) is 1. The van der Waals surface area contributed by atoms with Crippen LogP contribution in [0.4, 0.5) is 0 Å². The molecule has 4 fully saturated rings. The van der Waals surface area contributed by atoms with Crippen LogP contribution in [0.3, 0.4) is 0 Å². The molecular formula is C22H33N3O6S. The average molecular weight is 468 g/mol. The monoisotopic (exact) mass is 467 g/mol. The molecular weight excluding hydrogens is 434 g/mol. The Balaban J connectivity index is 1.62. The molecule has 0 aromatic carbocycles. The second-order valence-electron chi connectivity index (χ2n) is 9.35. The van der Waals surface area contributed by atoms with E-state index in [1.807, 2.05) is 6.92 Å². The maximum Gasteiger partial charge on any atom is 0.308 e. The van der Waals surface area contributed by atoms with Crippen molar-refractivity contribution in [2.75, 3.05) is 59.1 Å². The Morgan fingerprint density at radius 3 is 2.66 bits per heavy atom. The van der Waals surface area contributed by atoms with Gasteiger partial charge in [-0.25, -0.2) is 0 Å². The minimum absolute atomic E-state index is 0.0303. The SMILES string of the molecule is C=CCN(CCN1CCOCC1)C(=O)C1N(CCO)C(=O)[C@@H]2[C@@H](C(=O)O)[C@@]3(C)CCC12S3. The van der Waals surface area contributed by atoms with Crippen LogP contribution in [0, 0.1) is 11.8 Å². The molecule has 178 valence electrons. The van der Waals surface area contributed by atoms with Crippen molar-refractivity contribution in [1.29, 1.82) is 0 Å². The summed E-state index contributed by atoms with van der Waals surface area (Å²) in [6.45, 7) is 9.99. The van der Waals surface area contributed by atoms with Crippen LogP contribution in [0.2, 0.25) is 0 Å². The van der Waals surface area contributed by atoms with Crippen molar-refractivity contribution in [3.05, 3.63) is 12.7 Å². The Morgan fingerprint density at radius 1 is 1.31 bits per heavy atom. The molecule has 0 radical (unpaired) electrons. The van der Waals surface area contributed by atoms with Gasteiger partial charge in [-0.2, -0.15) is 0 Å². The number of carboxylic acids is 1. The predicted octanol–water partition coefficient (Wildman–Crippen LogP) is -0.109. The number of hydrogen-bond acceptors (Lipinski definition) is 7. The van der Waals surface area contributed by atoms with Crippen LogP contribution in [-0.2, 0) is 19.1 Å². The number of carbonyl (C=O) groups excluding carboxylic acids is 2. The van der Waals surface area contributed by atoms with Gasteiger partial charge in [-0.1, -0.05) is 6.08 Å². The first-order valence-electron chi connectivity index (χ1n) is 11.3. The number of fused-ring (bicyclic) bond motifs is 1. The smallest absolute Gasteiger partial charge is 0.308 e. The lowest BCUT2D eigenvalue weighted by Gasteiger charge is -2.37. The van der Waals surface area contributed by atoms with Crippen LogP contribution in [0.25, 0.3) is 0 Å². The summed E-state index contributed by atoms with van der Waals surface area (Å²) in [5, 5.41) is 19.6. The number of carboxylic acid groups (broad SMARTS) is 1. The molecule has 4 aliphatic heterocycles. The van der Waals surface area contributed by atoms with E-state index >= 15 is 0 Å². The van der Waals surface area contributed by atoms with Gasteiger partial charge in [-0.05, 0) is 19.8 Å². The molecule has 0 aliphatic carbocycles. The molecule has 9 nitrogen and oxygen atoms in total. The number of likely N-dealkylation sites (tertiary alicyclic amines) is 1. The zero-order valence-electron chi connectivity index (χ0n) is 18.6. The van der Waals surface area contributed by atoms with Gasteiger partial charge < -0.3 is 24.7 Å². The van der Waals surface area contributed by atoms with Gasteiger partial charge in [-0.3, -0.25) is 19.3 Å². The molecule has 0 aromatic heterocycles. The van der Waals surface area contributed by atoms with Crippen LogP contribution in [0.5, 0.6) is 0 Å². The number of thioether (sulfide) groups is 1. The summed E-state index contributed by atoms with van der Waals surface area (Å²) in [6.07, 6.45) is 2.96. The number of morpholine rings is 1. The molecule has 32 heavy (non-hydrogen) atoms. The zero-order valence-corrected chi connectivity index (χ0v) is 19.4. The largest absolute Gasteiger partial charge is 0.481 e. The van der Waals surface area contributed by atoms with E-state index in [2.05, 4.69) is 11.5 Å². The van der Waals surface area contributed by atoms with Crippen LogP contribution < -0.4 is 0 Å². The van der Waals surface area contributed by atoms with Gasteiger partial charge >= 0.3 is 5.97 Å². The summed E-state index contributed by atoms with van der Waals surface area (Å²) in [7, 11) is 0. The molecule has 5 atom stereocenters. The second-order valence-corrected chi connectivity index (χ2v) is 11.2. The maximum absolute atomic E-state index is 13.9. The van der Waals surface area contributed by atoms with Crippen LogP contribution in [0.1, 0.15) is 19.8 Å². The van der Waals surface area contributed by atoms with Crippen molar-refractivity contribution in [3.8, 4) is 0 Å². The number of aliphatic hydroxyl groups is 1. The molecule has 4 heterocycles. The summed E-state index contributed by atoms with van der Waals surface area (Å²) in [5.41, 5.74) is 0. The Morgan fingerprint density at radius 2 is 2.03 bits per heavy atom. The summed E-state index contributed by atoms with van der Waals surface area (Å²) in [4.78, 5) is 45.0. The van der Waals surface area contributed by atoms with Gasteiger partial charge in [0.05, 0.1) is 36.4 Å². The van der Waals surface area contributed by atoms with Crippen molar-refractivity contribution in [2.24, 2.45) is 11.8 Å². The highest BCUT2D eigenvalue weighted by atomic mass is 32.2. The highest BCUT2D eigenvalue weighted by Crippen LogP contribution is 2.71. The Bertz CT molecular complexity index is 790. The van der Waals surface area contributed by atoms with E-state index in [9.17, 15) is 24.6 Å². The molecule has 2 amide bonds. The fourth-order valence-electron chi connectivity index (χ4n) is 6.14. The van der Waals surface area contributed by atoms with E-state index in [1.165, 1.54) is 16.7 Å². The molecule has 4 saturated heterocycles. The number of aliphatic carboxylic acids is 1. The van der Waals surface area contributed by atoms with Crippen molar-refractivity contribution in [2.45, 2.75) is 35.3 Å². The molecule has 2 N–H and O–H groups in total. The number of β-amino-alcohol motifs (C(OH)–C–C–N with tert-alkyl or cyclic N) is 1. The van der Waals surface area contributed by atoms with Crippen molar-refractivity contribution in [1.82, 2.24) is 14.7 Å². The van der Waals surface area contributed by atoms with E-state index in [0.717, 1.165) is 13.1 Å². The second kappa shape index (κ2) is 8.96. The summed E-state index contributed by atoms with van der Waals surface area (Å²) >= 11 is 1.51. The van der Waals surface area contributed by atoms with E-state index in [1.54, 1.807) is 11.0 Å². The van der Waals surface area contributed by atoms with Gasteiger partial charge in [0, 0.05) is 44.0 Å². The molecule has 0 aromatic rings. The van der Waals surface area contributed by atoms with Gasteiger partial charge in [0.15, 0.2) is 0 Å². The fourth-order valence-corrected chi connectivity index (χ4v) is 8.48. The molecule has 4 aliphatic rings. The van der Waals surface area contributed by atoms with E-state index in [0.29, 0.717) is 45.7 Å². The highest BCUT2D eigenvalue weighted by molar-refractivity contribution is 8.02. The molecule has 4 rings (SSSR count). The zero-order chi connectivity index (χ0) is 23.1. The van der Waals surface area contributed by atoms with Gasteiger partial charge in [0.2, 0.25) is 11.8 Å². The number of amides is 2. The lowest BCUT2D eigenvalue weighted by Crippen LogP contribution is -2.56. The molecule has 1 spiro atoms. The summed E-state index contributed by atoms with van der Waals surface area (Å²) in [6, 6.07) is -0.770. The van der Waals surface area contributed by atoms with E-state index in [-0.39, 0.29) is 25.0 Å². The van der Waals surface area contributed by atoms with Crippen LogP contribution in [-0.4, -0.2) is 117 Å². The lowest BCUT2D eigenvalue weighted by molar-refractivity contribution is -0.150. The van der Waals surface area contributed by atoms with Crippen molar-refractivity contribution >= 4 is 29.5 Å². The molecule has 2 bridgehead atoms. The number of aliphatic hydroxyl groups excluding tert-OH is 1. The third kappa shape index (κ3) is 3.65. The first-order chi connectivity index (χ1) is 15.3. The third-order valence-electron chi connectivity index (χ3n) is 7.57. The first-order valence-corrected chi connectivity index (χ1v) is 12.1. The molecule has 0 saturated carbocycles. The Labute approximate surface area is 192 Å². The van der Waals surface area contributed by atoms with Crippen molar-refractivity contribution in [3.63, 3.8) is 0 Å². The van der Waals surface area contributed by atoms with Gasteiger partial charge in [0.25, 0.3) is 0 Å². The summed E-state index contributed by atoms with van der Waals surface area (Å²) < 4.78 is 4.07. The van der Waals surface area contributed by atoms with E-state index in [4.69, 9.17) is 4.74 Å². The van der Waals surface area contributed by atoms with Gasteiger partial charge in [-0.15, -0.1) is 18.3 Å². The normalized spacial score (nSPS) is 36.4. The number of nitrogens with zero attached hydrogens (tertiary/aromatic N) is 3. The minimum atomic E-state index is -0.979. The highest BCUT2D eigenvalue weighted by Gasteiger charge is 2.77.